The number of benzene rings is 1. The Kier molecular flexibility index (Phi) is 4.44. The Bertz CT molecular complexity index is 435. The lowest BCUT2D eigenvalue weighted by Gasteiger charge is -2.34. The molecule has 0 radical (unpaired) electrons. The summed E-state index contributed by atoms with van der Waals surface area (Å²) >= 11 is 9.00. The molecule has 0 saturated carbocycles. The van der Waals surface area contributed by atoms with Crippen molar-refractivity contribution in [3.05, 3.63) is 28.2 Å². The highest BCUT2D eigenvalue weighted by atomic mass is 79.9. The maximum absolute atomic E-state index is 12.2. The van der Waals surface area contributed by atoms with Gasteiger partial charge in [0.15, 0.2) is 0 Å². The summed E-state index contributed by atoms with van der Waals surface area (Å²) in [5.41, 5.74) is 0.00724. The highest BCUT2D eigenvalue weighted by Gasteiger charge is 2.27. The molecule has 1 aromatic carbocycles. The lowest BCUT2D eigenvalue weighted by atomic mass is 10.0. The Labute approximate surface area is 115 Å². The maximum atomic E-state index is 12.2. The number of amides is 1. The SMILES string of the molecule is CN(C(=O)c1ccc(Br)c(O)c1)C(C)(C)CCl. The number of hydrogen-bond acceptors (Lipinski definition) is 2. The molecule has 1 N–H and O–H groups in total. The zero-order valence-electron chi connectivity index (χ0n) is 10.00. The predicted molar refractivity (Wildman–Crippen MR) is 72.7 cm³/mol. The van der Waals surface area contributed by atoms with E-state index in [9.17, 15) is 9.90 Å². The number of rotatable bonds is 3. The van der Waals surface area contributed by atoms with E-state index in [1.165, 1.54) is 6.07 Å². The van der Waals surface area contributed by atoms with Gasteiger partial charge < -0.3 is 10.0 Å². The molecule has 1 aromatic rings. The molecule has 0 bridgehead atoms. The maximum Gasteiger partial charge on any atom is 0.254 e. The van der Waals surface area contributed by atoms with E-state index in [4.69, 9.17) is 11.6 Å². The van der Waals surface area contributed by atoms with Gasteiger partial charge in [0.1, 0.15) is 5.75 Å². The van der Waals surface area contributed by atoms with Gasteiger partial charge in [-0.2, -0.15) is 0 Å². The summed E-state index contributed by atoms with van der Waals surface area (Å²) in [6, 6.07) is 4.74. The van der Waals surface area contributed by atoms with Crippen molar-refractivity contribution in [2.75, 3.05) is 12.9 Å². The molecule has 1 rings (SSSR count). The first-order chi connectivity index (χ1) is 7.79. The largest absolute Gasteiger partial charge is 0.507 e. The van der Waals surface area contributed by atoms with Crippen LogP contribution in [-0.4, -0.2) is 34.4 Å². The fourth-order valence-electron chi connectivity index (χ4n) is 1.20. The van der Waals surface area contributed by atoms with Gasteiger partial charge in [-0.25, -0.2) is 0 Å². The van der Waals surface area contributed by atoms with Crippen LogP contribution in [0.25, 0.3) is 0 Å². The molecule has 0 saturated heterocycles. The van der Waals surface area contributed by atoms with Gasteiger partial charge in [-0.05, 0) is 48.0 Å². The van der Waals surface area contributed by atoms with Crippen molar-refractivity contribution in [2.45, 2.75) is 19.4 Å². The molecule has 0 spiro atoms. The topological polar surface area (TPSA) is 40.5 Å². The molecule has 0 aliphatic heterocycles. The third-order valence-corrected chi connectivity index (χ3v) is 4.06. The van der Waals surface area contributed by atoms with Gasteiger partial charge in [-0.15, -0.1) is 11.6 Å². The molecule has 0 unspecified atom stereocenters. The minimum absolute atomic E-state index is 0.0490. The van der Waals surface area contributed by atoms with Gasteiger partial charge in [0.05, 0.1) is 10.0 Å². The Balaban J connectivity index is 3.01. The van der Waals surface area contributed by atoms with Crippen molar-refractivity contribution in [3.8, 4) is 5.75 Å². The number of halogens is 2. The van der Waals surface area contributed by atoms with E-state index in [-0.39, 0.29) is 11.7 Å². The summed E-state index contributed by atoms with van der Waals surface area (Å²) in [4.78, 5) is 13.7. The van der Waals surface area contributed by atoms with Gasteiger partial charge in [0, 0.05) is 18.5 Å². The average molecular weight is 321 g/mol. The fourth-order valence-corrected chi connectivity index (χ4v) is 1.63. The second-order valence-electron chi connectivity index (χ2n) is 4.48. The van der Waals surface area contributed by atoms with Crippen LogP contribution in [0.4, 0.5) is 0 Å². The molecule has 0 aliphatic rings. The number of phenolic OH excluding ortho intramolecular Hbond substituents is 1. The summed E-state index contributed by atoms with van der Waals surface area (Å²) in [6.45, 7) is 3.77. The molecule has 0 fully saturated rings. The van der Waals surface area contributed by atoms with Crippen LogP contribution in [-0.2, 0) is 0 Å². The molecular formula is C12H15BrClNO2. The molecule has 17 heavy (non-hydrogen) atoms. The standard InChI is InChI=1S/C12H15BrClNO2/c1-12(2,7-14)15(3)11(17)8-4-5-9(13)10(16)6-8/h4-6,16H,7H2,1-3H3. The van der Waals surface area contributed by atoms with E-state index in [1.807, 2.05) is 13.8 Å². The second-order valence-corrected chi connectivity index (χ2v) is 5.60. The molecule has 0 atom stereocenters. The third kappa shape index (κ3) is 3.13. The average Bonchev–Trinajstić information content (AvgIpc) is 2.30. The molecular weight excluding hydrogens is 305 g/mol. The number of alkyl halides is 1. The second kappa shape index (κ2) is 5.27. The van der Waals surface area contributed by atoms with Crippen LogP contribution in [0.5, 0.6) is 5.75 Å². The van der Waals surface area contributed by atoms with Crippen LogP contribution >= 0.6 is 27.5 Å². The highest BCUT2D eigenvalue weighted by molar-refractivity contribution is 9.10. The Morgan fingerprint density at radius 1 is 1.53 bits per heavy atom. The van der Waals surface area contributed by atoms with Crippen LogP contribution in [0.1, 0.15) is 24.2 Å². The predicted octanol–water partition coefficient (Wildman–Crippen LogP) is 3.24. The molecule has 0 aromatic heterocycles. The number of aromatic hydroxyl groups is 1. The number of hydrogen-bond donors (Lipinski definition) is 1. The van der Waals surface area contributed by atoms with E-state index < -0.39 is 5.54 Å². The number of carbonyl (C=O) groups is 1. The quantitative estimate of drug-likeness (QED) is 0.869. The molecule has 1 amide bonds. The van der Waals surface area contributed by atoms with Crippen molar-refractivity contribution in [1.29, 1.82) is 0 Å². The van der Waals surface area contributed by atoms with Crippen molar-refractivity contribution >= 4 is 33.4 Å². The highest BCUT2D eigenvalue weighted by Crippen LogP contribution is 2.26. The minimum atomic E-state index is -0.429. The van der Waals surface area contributed by atoms with Crippen LogP contribution in [0.3, 0.4) is 0 Å². The molecule has 5 heteroatoms. The van der Waals surface area contributed by atoms with E-state index >= 15 is 0 Å². The van der Waals surface area contributed by atoms with Crippen molar-refractivity contribution in [3.63, 3.8) is 0 Å². The molecule has 0 aliphatic carbocycles. The number of nitrogens with zero attached hydrogens (tertiary/aromatic N) is 1. The van der Waals surface area contributed by atoms with Crippen LogP contribution in [0.15, 0.2) is 22.7 Å². The van der Waals surface area contributed by atoms with E-state index in [0.717, 1.165) is 0 Å². The zero-order chi connectivity index (χ0) is 13.2. The van der Waals surface area contributed by atoms with E-state index in [0.29, 0.717) is 15.9 Å². The van der Waals surface area contributed by atoms with Crippen LogP contribution in [0.2, 0.25) is 0 Å². The third-order valence-electron chi connectivity index (χ3n) is 2.73. The summed E-state index contributed by atoms with van der Waals surface area (Å²) in [5, 5.41) is 9.55. The van der Waals surface area contributed by atoms with E-state index in [1.54, 1.807) is 24.1 Å². The van der Waals surface area contributed by atoms with Gasteiger partial charge in [0.25, 0.3) is 5.91 Å². The summed E-state index contributed by atoms with van der Waals surface area (Å²) in [5.74, 6) is 0.226. The fraction of sp³-hybridized carbons (Fsp3) is 0.417. The summed E-state index contributed by atoms with van der Waals surface area (Å²) in [6.07, 6.45) is 0. The smallest absolute Gasteiger partial charge is 0.254 e. The van der Waals surface area contributed by atoms with Gasteiger partial charge in [-0.1, -0.05) is 0 Å². The Morgan fingerprint density at radius 3 is 2.59 bits per heavy atom. The van der Waals surface area contributed by atoms with Gasteiger partial charge >= 0.3 is 0 Å². The van der Waals surface area contributed by atoms with Crippen molar-refractivity contribution in [1.82, 2.24) is 4.90 Å². The van der Waals surface area contributed by atoms with Crippen LogP contribution in [0, 0.1) is 0 Å². The first-order valence-electron chi connectivity index (χ1n) is 5.12. The zero-order valence-corrected chi connectivity index (χ0v) is 12.3. The first-order valence-corrected chi connectivity index (χ1v) is 6.45. The molecule has 3 nitrogen and oxygen atoms in total. The van der Waals surface area contributed by atoms with Crippen molar-refractivity contribution < 1.29 is 9.90 Å². The molecule has 0 heterocycles. The van der Waals surface area contributed by atoms with Gasteiger partial charge in [0.2, 0.25) is 0 Å². The van der Waals surface area contributed by atoms with E-state index in [2.05, 4.69) is 15.9 Å². The lowest BCUT2D eigenvalue weighted by molar-refractivity contribution is 0.0660. The summed E-state index contributed by atoms with van der Waals surface area (Å²) < 4.78 is 0.563. The van der Waals surface area contributed by atoms with Gasteiger partial charge in [-0.3, -0.25) is 4.79 Å². The van der Waals surface area contributed by atoms with Crippen molar-refractivity contribution in [2.24, 2.45) is 0 Å². The number of phenols is 1. The Hall–Kier alpha value is -0.740. The first kappa shape index (κ1) is 14.3. The lowest BCUT2D eigenvalue weighted by Crippen LogP contribution is -2.46. The monoisotopic (exact) mass is 319 g/mol. The normalized spacial score (nSPS) is 11.4. The van der Waals surface area contributed by atoms with Crippen LogP contribution < -0.4 is 0 Å². The Morgan fingerprint density at radius 2 is 2.12 bits per heavy atom. The number of carbonyl (C=O) groups excluding carboxylic acids is 1. The summed E-state index contributed by atoms with van der Waals surface area (Å²) in [7, 11) is 1.70. The molecule has 94 valence electrons. The minimum Gasteiger partial charge on any atom is -0.507 e.